The summed E-state index contributed by atoms with van der Waals surface area (Å²) in [4.78, 5) is 13.4. The number of benzene rings is 2. The van der Waals surface area contributed by atoms with Gasteiger partial charge in [0.1, 0.15) is 18.8 Å². The molecule has 0 aliphatic carbocycles. The fraction of sp³-hybridized carbons (Fsp3) is 0.143. The average Bonchev–Trinajstić information content (AvgIpc) is 3.12. The molecule has 0 aliphatic rings. The highest BCUT2D eigenvalue weighted by Crippen LogP contribution is 2.23. The van der Waals surface area contributed by atoms with Gasteiger partial charge >= 0.3 is 0 Å². The Morgan fingerprint density at radius 1 is 0.828 bits per heavy atom. The summed E-state index contributed by atoms with van der Waals surface area (Å²) in [7, 11) is 2.07. The van der Waals surface area contributed by atoms with Gasteiger partial charge in [0, 0.05) is 11.8 Å². The van der Waals surface area contributed by atoms with Crippen LogP contribution < -0.4 is 16.4 Å². The number of quaternary nitrogens is 1. The molecular weight excluding hydrogens is 364 g/mol. The topological polar surface area (TPSA) is 113 Å². The summed E-state index contributed by atoms with van der Waals surface area (Å²) in [5.41, 5.74) is 15.6. The van der Waals surface area contributed by atoms with Crippen molar-refractivity contribution in [1.82, 2.24) is 24.7 Å². The second-order valence-electron chi connectivity index (χ2n) is 6.93. The van der Waals surface area contributed by atoms with Crippen molar-refractivity contribution in [1.29, 1.82) is 0 Å². The molecule has 4 rings (SSSR count). The van der Waals surface area contributed by atoms with Crippen molar-refractivity contribution in [2.45, 2.75) is 13.1 Å². The lowest BCUT2D eigenvalue weighted by atomic mass is 10.1. The molecule has 29 heavy (non-hydrogen) atoms. The molecule has 2 heterocycles. The molecule has 0 spiro atoms. The number of nitrogen functional groups attached to an aromatic ring is 2. The van der Waals surface area contributed by atoms with Gasteiger partial charge in [0.25, 0.3) is 0 Å². The number of nitrogens with one attached hydrogen (secondary N) is 1. The summed E-state index contributed by atoms with van der Waals surface area (Å²) in [6.45, 7) is 1.31. The lowest BCUT2D eigenvalue weighted by Crippen LogP contribution is -3.06. The third-order valence-electron chi connectivity index (χ3n) is 4.53. The third kappa shape index (κ3) is 4.39. The Morgan fingerprint density at radius 2 is 1.45 bits per heavy atom. The van der Waals surface area contributed by atoms with Gasteiger partial charge in [0.2, 0.25) is 11.9 Å². The van der Waals surface area contributed by atoms with Crippen molar-refractivity contribution in [2.75, 3.05) is 18.5 Å². The highest BCUT2D eigenvalue weighted by atomic mass is 15.3. The number of hydrogen-bond acceptors (Lipinski definition) is 6. The fourth-order valence-corrected chi connectivity index (χ4v) is 3.28. The van der Waals surface area contributed by atoms with Gasteiger partial charge in [-0.05, 0) is 12.1 Å². The van der Waals surface area contributed by atoms with E-state index >= 15 is 0 Å². The largest absolute Gasteiger partial charge is 0.368 e. The Kier molecular flexibility index (Phi) is 5.17. The van der Waals surface area contributed by atoms with Crippen molar-refractivity contribution in [2.24, 2.45) is 0 Å². The highest BCUT2D eigenvalue weighted by Gasteiger charge is 2.17. The number of aromatic nitrogens is 5. The highest BCUT2D eigenvalue weighted by molar-refractivity contribution is 5.63. The molecule has 4 aromatic rings. The number of hydrogen-bond donors (Lipinski definition) is 3. The zero-order valence-corrected chi connectivity index (χ0v) is 16.2. The van der Waals surface area contributed by atoms with E-state index in [1.807, 2.05) is 53.2 Å². The summed E-state index contributed by atoms with van der Waals surface area (Å²) in [5, 5.41) is 4.86. The minimum Gasteiger partial charge on any atom is -0.368 e. The van der Waals surface area contributed by atoms with Gasteiger partial charge in [-0.25, -0.2) is 4.68 Å². The standard InChI is InChI=1S/C21H22N8/c1-28(14-18-24-20(22)26-21(23)25-18)12-16-13-29(17-10-6-3-7-11-17)27-19(16)15-8-4-2-5-9-15/h2-11,13H,12,14H2,1H3,(H4,22,23,24,25,26)/p+1. The normalized spacial score (nSPS) is 12.0. The van der Waals surface area contributed by atoms with Crippen LogP contribution >= 0.6 is 0 Å². The first-order chi connectivity index (χ1) is 14.1. The molecule has 0 amide bonds. The maximum absolute atomic E-state index is 5.69. The molecule has 0 saturated heterocycles. The summed E-state index contributed by atoms with van der Waals surface area (Å²) in [6, 6.07) is 20.3. The van der Waals surface area contributed by atoms with Crippen molar-refractivity contribution < 1.29 is 4.90 Å². The smallest absolute Gasteiger partial charge is 0.225 e. The summed E-state index contributed by atoms with van der Waals surface area (Å²) >= 11 is 0. The van der Waals surface area contributed by atoms with E-state index in [1.165, 1.54) is 4.90 Å². The maximum Gasteiger partial charge on any atom is 0.225 e. The second-order valence-corrected chi connectivity index (χ2v) is 6.93. The van der Waals surface area contributed by atoms with Crippen molar-refractivity contribution in [3.05, 3.63) is 78.2 Å². The van der Waals surface area contributed by atoms with Crippen LogP contribution in [0.15, 0.2) is 66.9 Å². The van der Waals surface area contributed by atoms with Gasteiger partial charge in [0.15, 0.2) is 5.82 Å². The number of anilines is 2. The molecule has 2 aromatic heterocycles. The van der Waals surface area contributed by atoms with Crippen molar-refractivity contribution >= 4 is 11.9 Å². The Labute approximate surface area is 168 Å². The summed E-state index contributed by atoms with van der Waals surface area (Å²) in [6.07, 6.45) is 2.08. The number of para-hydroxylation sites is 1. The lowest BCUT2D eigenvalue weighted by molar-refractivity contribution is -0.908. The summed E-state index contributed by atoms with van der Waals surface area (Å²) in [5.74, 6) is 0.855. The molecule has 1 atom stereocenters. The van der Waals surface area contributed by atoms with Crippen LogP contribution in [-0.2, 0) is 13.1 Å². The number of nitrogens with two attached hydrogens (primary N) is 2. The molecule has 2 aromatic carbocycles. The minimum atomic E-state index is 0.141. The second kappa shape index (κ2) is 8.07. The average molecular weight is 387 g/mol. The molecule has 5 N–H and O–H groups in total. The molecule has 8 nitrogen and oxygen atoms in total. The van der Waals surface area contributed by atoms with Crippen LogP contribution in [0.1, 0.15) is 11.4 Å². The first-order valence-corrected chi connectivity index (χ1v) is 9.35. The molecule has 0 saturated carbocycles. The van der Waals surface area contributed by atoms with Gasteiger partial charge in [-0.2, -0.15) is 20.1 Å². The van der Waals surface area contributed by atoms with Crippen molar-refractivity contribution in [3.8, 4) is 16.9 Å². The van der Waals surface area contributed by atoms with Gasteiger partial charge in [-0.3, -0.25) is 0 Å². The molecule has 0 aliphatic heterocycles. The van der Waals surface area contributed by atoms with E-state index < -0.39 is 0 Å². The SMILES string of the molecule is C[NH+](Cc1nc(N)nc(N)n1)Cc1cn(-c2ccccc2)nc1-c1ccccc1. The third-order valence-corrected chi connectivity index (χ3v) is 4.53. The van der Waals surface area contributed by atoms with E-state index in [9.17, 15) is 0 Å². The Balaban J connectivity index is 1.64. The Morgan fingerprint density at radius 3 is 2.10 bits per heavy atom. The number of rotatable bonds is 6. The monoisotopic (exact) mass is 387 g/mol. The Hall–Kier alpha value is -3.78. The molecule has 146 valence electrons. The van der Waals surface area contributed by atoms with Crippen molar-refractivity contribution in [3.63, 3.8) is 0 Å². The molecule has 0 bridgehead atoms. The predicted molar refractivity (Wildman–Crippen MR) is 112 cm³/mol. The van der Waals surface area contributed by atoms with Gasteiger partial charge in [-0.1, -0.05) is 48.5 Å². The molecule has 1 unspecified atom stereocenters. The van der Waals surface area contributed by atoms with Crippen LogP contribution in [0.5, 0.6) is 0 Å². The van der Waals surface area contributed by atoms with Crippen LogP contribution in [0.3, 0.4) is 0 Å². The predicted octanol–water partition coefficient (Wildman–Crippen LogP) is 1.10. The van der Waals surface area contributed by atoms with E-state index in [2.05, 4.69) is 40.3 Å². The summed E-state index contributed by atoms with van der Waals surface area (Å²) < 4.78 is 1.92. The van der Waals surface area contributed by atoms with Crippen LogP contribution in [-0.4, -0.2) is 31.8 Å². The Bertz CT molecular complexity index is 1070. The number of nitrogens with zero attached hydrogens (tertiary/aromatic N) is 5. The van der Waals surface area contributed by atoms with E-state index in [4.69, 9.17) is 16.6 Å². The first kappa shape index (κ1) is 18.6. The van der Waals surface area contributed by atoms with E-state index in [-0.39, 0.29) is 11.9 Å². The van der Waals surface area contributed by atoms with E-state index in [1.54, 1.807) is 0 Å². The molecule has 8 heteroatoms. The minimum absolute atomic E-state index is 0.141. The van der Waals surface area contributed by atoms with Crippen LogP contribution in [0.4, 0.5) is 11.9 Å². The van der Waals surface area contributed by atoms with Crippen LogP contribution in [0.2, 0.25) is 0 Å². The molecular formula is C21H23N8+. The first-order valence-electron chi connectivity index (χ1n) is 9.35. The van der Waals surface area contributed by atoms with Crippen LogP contribution in [0.25, 0.3) is 16.9 Å². The van der Waals surface area contributed by atoms with E-state index in [0.29, 0.717) is 12.4 Å². The lowest BCUT2D eigenvalue weighted by Gasteiger charge is -2.13. The quantitative estimate of drug-likeness (QED) is 0.457. The van der Waals surface area contributed by atoms with Gasteiger partial charge < -0.3 is 16.4 Å². The zero-order valence-electron chi connectivity index (χ0n) is 16.2. The van der Waals surface area contributed by atoms with Gasteiger partial charge in [0.05, 0.1) is 18.3 Å². The van der Waals surface area contributed by atoms with Crippen LogP contribution in [0, 0.1) is 0 Å². The van der Waals surface area contributed by atoms with Gasteiger partial charge in [-0.15, -0.1) is 0 Å². The molecule has 0 radical (unpaired) electrons. The van der Waals surface area contributed by atoms with E-state index in [0.717, 1.165) is 29.1 Å². The fourth-order valence-electron chi connectivity index (χ4n) is 3.28. The molecule has 0 fully saturated rings. The zero-order chi connectivity index (χ0) is 20.2. The maximum atomic E-state index is 5.69.